The average Bonchev–Trinajstić information content (AvgIpc) is 2.46. The first-order chi connectivity index (χ1) is 6.40. The van der Waals surface area contributed by atoms with Crippen LogP contribution in [0.15, 0.2) is 0 Å². The minimum atomic E-state index is -0.0810. The van der Waals surface area contributed by atoms with Crippen molar-refractivity contribution in [3.05, 3.63) is 0 Å². The van der Waals surface area contributed by atoms with Crippen LogP contribution in [0.25, 0.3) is 0 Å². The van der Waals surface area contributed by atoms with Gasteiger partial charge in [-0.1, -0.05) is 20.8 Å². The Hall–Kier alpha value is -0.410. The maximum absolute atomic E-state index is 11.7. The summed E-state index contributed by atoms with van der Waals surface area (Å²) < 4.78 is 5.18. The lowest BCUT2D eigenvalue weighted by molar-refractivity contribution is -0.123. The third-order valence-electron chi connectivity index (χ3n) is 2.66. The molecule has 1 aliphatic heterocycles. The van der Waals surface area contributed by atoms with Crippen molar-refractivity contribution in [3.63, 3.8) is 0 Å². The summed E-state index contributed by atoms with van der Waals surface area (Å²) in [6, 6.07) is -0.0810. The van der Waals surface area contributed by atoms with Crippen LogP contribution >= 0.6 is 0 Å². The van der Waals surface area contributed by atoms with Crippen molar-refractivity contribution >= 4 is 5.78 Å². The van der Waals surface area contributed by atoms with E-state index in [9.17, 15) is 4.79 Å². The number of hydrogen-bond acceptors (Lipinski definition) is 3. The normalized spacial score (nSPS) is 28.0. The Morgan fingerprint density at radius 1 is 1.43 bits per heavy atom. The molecule has 1 rings (SSSR count). The molecule has 0 bridgehead atoms. The highest BCUT2D eigenvalue weighted by atomic mass is 16.5. The lowest BCUT2D eigenvalue weighted by atomic mass is 9.86. The van der Waals surface area contributed by atoms with Gasteiger partial charge in [0.05, 0.1) is 19.1 Å². The topological polar surface area (TPSA) is 52.3 Å². The molecule has 2 unspecified atom stereocenters. The number of Topliss-reactive ketones (excluding diaryl/α,β-unsaturated/α-hetero) is 1. The summed E-state index contributed by atoms with van der Waals surface area (Å²) in [5.74, 6) is 0.210. The number of ether oxygens (including phenoxy) is 1. The Kier molecular flexibility index (Phi) is 3.67. The molecule has 0 spiro atoms. The van der Waals surface area contributed by atoms with Gasteiger partial charge < -0.3 is 10.5 Å². The van der Waals surface area contributed by atoms with Gasteiger partial charge in [-0.15, -0.1) is 0 Å². The maximum Gasteiger partial charge on any atom is 0.139 e. The van der Waals surface area contributed by atoms with E-state index in [0.717, 1.165) is 6.42 Å². The molecule has 3 nitrogen and oxygen atoms in total. The first-order valence-corrected chi connectivity index (χ1v) is 5.26. The second-order valence-corrected chi connectivity index (χ2v) is 5.33. The van der Waals surface area contributed by atoms with E-state index in [1.807, 2.05) is 0 Å². The van der Waals surface area contributed by atoms with E-state index in [1.165, 1.54) is 0 Å². The van der Waals surface area contributed by atoms with Crippen molar-refractivity contribution in [1.29, 1.82) is 0 Å². The molecule has 0 aromatic rings. The van der Waals surface area contributed by atoms with E-state index in [-0.39, 0.29) is 23.2 Å². The molecule has 0 radical (unpaired) electrons. The second kappa shape index (κ2) is 4.41. The first-order valence-electron chi connectivity index (χ1n) is 5.26. The average molecular weight is 199 g/mol. The fraction of sp³-hybridized carbons (Fsp3) is 0.909. The van der Waals surface area contributed by atoms with Crippen molar-refractivity contribution < 1.29 is 9.53 Å². The first kappa shape index (κ1) is 11.7. The molecule has 1 saturated heterocycles. The molecule has 0 saturated carbocycles. The van der Waals surface area contributed by atoms with Crippen molar-refractivity contribution in [2.75, 3.05) is 13.2 Å². The summed E-state index contributed by atoms with van der Waals surface area (Å²) >= 11 is 0. The summed E-state index contributed by atoms with van der Waals surface area (Å²) in [4.78, 5) is 11.7. The summed E-state index contributed by atoms with van der Waals surface area (Å²) in [5.41, 5.74) is 5.99. The van der Waals surface area contributed by atoms with Crippen LogP contribution in [-0.4, -0.2) is 25.0 Å². The third-order valence-corrected chi connectivity index (χ3v) is 2.66. The molecule has 0 aliphatic carbocycles. The highest BCUT2D eigenvalue weighted by Gasteiger charge is 2.31. The molecular formula is C11H21NO2. The van der Waals surface area contributed by atoms with Crippen LogP contribution in [0, 0.1) is 11.3 Å². The predicted octanol–water partition coefficient (Wildman–Crippen LogP) is 1.36. The molecule has 2 N–H and O–H groups in total. The molecule has 0 aromatic heterocycles. The van der Waals surface area contributed by atoms with Crippen LogP contribution in [-0.2, 0) is 9.53 Å². The van der Waals surface area contributed by atoms with Crippen LogP contribution in [0.4, 0.5) is 0 Å². The zero-order chi connectivity index (χ0) is 10.8. The fourth-order valence-corrected chi connectivity index (χ4v) is 1.59. The lowest BCUT2D eigenvalue weighted by Gasteiger charge is -2.19. The van der Waals surface area contributed by atoms with Crippen LogP contribution in [0.2, 0.25) is 0 Å². The van der Waals surface area contributed by atoms with E-state index in [0.29, 0.717) is 19.6 Å². The van der Waals surface area contributed by atoms with E-state index < -0.39 is 0 Å². The van der Waals surface area contributed by atoms with Crippen molar-refractivity contribution in [2.45, 2.75) is 39.7 Å². The molecule has 1 aliphatic rings. The minimum Gasteiger partial charge on any atom is -0.379 e. The van der Waals surface area contributed by atoms with Gasteiger partial charge in [-0.2, -0.15) is 0 Å². The van der Waals surface area contributed by atoms with Gasteiger partial charge in [-0.05, 0) is 11.8 Å². The smallest absolute Gasteiger partial charge is 0.139 e. The highest BCUT2D eigenvalue weighted by molar-refractivity contribution is 5.82. The van der Waals surface area contributed by atoms with Gasteiger partial charge >= 0.3 is 0 Å². The number of nitrogens with two attached hydrogens (primary N) is 1. The van der Waals surface area contributed by atoms with Crippen molar-refractivity contribution in [3.8, 4) is 0 Å². The van der Waals surface area contributed by atoms with Crippen LogP contribution in [0.1, 0.15) is 33.6 Å². The molecule has 2 atom stereocenters. The lowest BCUT2D eigenvalue weighted by Crippen LogP contribution is -2.34. The van der Waals surface area contributed by atoms with Crippen LogP contribution in [0.5, 0.6) is 0 Å². The molecule has 14 heavy (non-hydrogen) atoms. The largest absolute Gasteiger partial charge is 0.379 e. The monoisotopic (exact) mass is 199 g/mol. The predicted molar refractivity (Wildman–Crippen MR) is 56.0 cm³/mol. The second-order valence-electron chi connectivity index (χ2n) is 5.33. The van der Waals surface area contributed by atoms with Gasteiger partial charge in [0.25, 0.3) is 0 Å². The minimum absolute atomic E-state index is 0.0580. The number of carbonyl (C=O) groups excluding carboxylic acids is 1. The van der Waals surface area contributed by atoms with Crippen LogP contribution < -0.4 is 5.73 Å². The number of hydrogen-bond donors (Lipinski definition) is 1. The third kappa shape index (κ3) is 3.39. The number of rotatable bonds is 3. The van der Waals surface area contributed by atoms with Gasteiger partial charge in [0.1, 0.15) is 5.78 Å². The quantitative estimate of drug-likeness (QED) is 0.746. The summed E-state index contributed by atoms with van der Waals surface area (Å²) in [6.45, 7) is 7.48. The molecular weight excluding hydrogens is 178 g/mol. The van der Waals surface area contributed by atoms with Gasteiger partial charge in [0.2, 0.25) is 0 Å². The van der Waals surface area contributed by atoms with Gasteiger partial charge in [-0.3, -0.25) is 4.79 Å². The van der Waals surface area contributed by atoms with Gasteiger partial charge in [-0.25, -0.2) is 0 Å². The zero-order valence-electron chi connectivity index (χ0n) is 9.38. The Balaban J connectivity index is 2.35. The molecule has 1 fully saturated rings. The Bertz CT molecular complexity index is 208. The molecule has 0 aromatic carbocycles. The molecule has 3 heteroatoms. The van der Waals surface area contributed by atoms with Crippen molar-refractivity contribution in [1.82, 2.24) is 0 Å². The summed E-state index contributed by atoms with van der Waals surface area (Å²) in [5, 5.41) is 0. The van der Waals surface area contributed by atoms with Crippen LogP contribution in [0.3, 0.4) is 0 Å². The Morgan fingerprint density at radius 3 is 2.50 bits per heavy atom. The summed E-state index contributed by atoms with van der Waals surface area (Å²) in [7, 11) is 0. The van der Waals surface area contributed by atoms with E-state index in [4.69, 9.17) is 10.5 Å². The Morgan fingerprint density at radius 2 is 2.07 bits per heavy atom. The number of carbonyl (C=O) groups is 1. The zero-order valence-corrected chi connectivity index (χ0v) is 9.38. The number of ketones is 1. The Labute approximate surface area is 86.0 Å². The molecule has 1 heterocycles. The fourth-order valence-electron chi connectivity index (χ4n) is 1.59. The molecule has 82 valence electrons. The van der Waals surface area contributed by atoms with Crippen molar-refractivity contribution in [2.24, 2.45) is 17.1 Å². The van der Waals surface area contributed by atoms with E-state index in [1.54, 1.807) is 0 Å². The highest BCUT2D eigenvalue weighted by Crippen LogP contribution is 2.23. The maximum atomic E-state index is 11.7. The van der Waals surface area contributed by atoms with E-state index in [2.05, 4.69) is 20.8 Å². The molecule has 0 amide bonds. The SMILES string of the molecule is CC(C)(C)CCC(=O)C1COCC1N. The van der Waals surface area contributed by atoms with Gasteiger partial charge in [0, 0.05) is 12.5 Å². The standard InChI is InChI=1S/C11H21NO2/c1-11(2,3)5-4-10(13)8-6-14-7-9(8)12/h8-9H,4-7,12H2,1-3H3. The summed E-state index contributed by atoms with van der Waals surface area (Å²) in [6.07, 6.45) is 1.56. The van der Waals surface area contributed by atoms with Gasteiger partial charge in [0.15, 0.2) is 0 Å². The van der Waals surface area contributed by atoms with E-state index >= 15 is 0 Å².